The summed E-state index contributed by atoms with van der Waals surface area (Å²) in [7, 11) is 0. The molecule has 122 valence electrons. The molecule has 0 aromatic heterocycles. The highest BCUT2D eigenvalue weighted by Gasteiger charge is 2.19. The van der Waals surface area contributed by atoms with Gasteiger partial charge in [-0.15, -0.1) is 0 Å². The number of carbonyl (C=O) groups is 2. The van der Waals surface area contributed by atoms with E-state index < -0.39 is 11.9 Å². The lowest BCUT2D eigenvalue weighted by Gasteiger charge is -2.16. The van der Waals surface area contributed by atoms with E-state index in [0.29, 0.717) is 23.5 Å². The van der Waals surface area contributed by atoms with E-state index in [9.17, 15) is 9.59 Å². The molecule has 2 aromatic rings. The van der Waals surface area contributed by atoms with Crippen molar-refractivity contribution in [3.63, 3.8) is 0 Å². The van der Waals surface area contributed by atoms with E-state index >= 15 is 0 Å². The summed E-state index contributed by atoms with van der Waals surface area (Å²) in [5, 5.41) is 0. The van der Waals surface area contributed by atoms with Crippen molar-refractivity contribution in [1.82, 2.24) is 0 Å². The highest BCUT2D eigenvalue weighted by atomic mass is 16.5. The summed E-state index contributed by atoms with van der Waals surface area (Å²) in [6.07, 6.45) is 1.76. The van der Waals surface area contributed by atoms with Crippen molar-refractivity contribution < 1.29 is 23.8 Å². The minimum atomic E-state index is -0.478. The predicted molar refractivity (Wildman–Crippen MR) is 87.9 cm³/mol. The second-order valence-electron chi connectivity index (χ2n) is 5.13. The third kappa shape index (κ3) is 3.46. The number of esters is 2. The molecule has 1 aliphatic heterocycles. The molecule has 3 rings (SSSR count). The molecule has 0 aliphatic carbocycles. The maximum Gasteiger partial charge on any atom is 0.342 e. The molecule has 0 unspecified atom stereocenters. The third-order valence-corrected chi connectivity index (χ3v) is 3.47. The van der Waals surface area contributed by atoms with Gasteiger partial charge in [-0.2, -0.15) is 0 Å². The minimum Gasteiger partial charge on any atom is -0.488 e. The van der Waals surface area contributed by atoms with Crippen LogP contribution in [0.5, 0.6) is 11.5 Å². The van der Waals surface area contributed by atoms with E-state index in [1.165, 1.54) is 0 Å². The Labute approximate surface area is 139 Å². The first-order valence-electron chi connectivity index (χ1n) is 7.59. The molecule has 0 amide bonds. The number of carbonyl (C=O) groups excluding carboxylic acids is 2. The Balaban J connectivity index is 1.69. The van der Waals surface area contributed by atoms with Crippen molar-refractivity contribution in [2.45, 2.75) is 6.92 Å². The summed E-state index contributed by atoms with van der Waals surface area (Å²) in [5.74, 6) is 0.212. The van der Waals surface area contributed by atoms with Crippen molar-refractivity contribution >= 4 is 18.0 Å². The van der Waals surface area contributed by atoms with E-state index in [1.54, 1.807) is 37.3 Å². The first-order chi connectivity index (χ1) is 11.7. The molecule has 1 heterocycles. The monoisotopic (exact) mass is 324 g/mol. The van der Waals surface area contributed by atoms with E-state index in [1.807, 2.05) is 24.3 Å². The Hall–Kier alpha value is -3.08. The lowest BCUT2D eigenvalue weighted by molar-refractivity contribution is -0.130. The van der Waals surface area contributed by atoms with Gasteiger partial charge in [-0.3, -0.25) is 0 Å². The molecular formula is C19H16O5. The van der Waals surface area contributed by atoms with E-state index in [0.717, 1.165) is 11.3 Å². The van der Waals surface area contributed by atoms with E-state index in [-0.39, 0.29) is 6.61 Å². The molecule has 0 saturated heterocycles. The van der Waals surface area contributed by atoms with Gasteiger partial charge in [0.25, 0.3) is 0 Å². The Kier molecular flexibility index (Phi) is 4.61. The second kappa shape index (κ2) is 7.00. The van der Waals surface area contributed by atoms with Crippen molar-refractivity contribution in [1.29, 1.82) is 0 Å². The quantitative estimate of drug-likeness (QED) is 0.638. The van der Waals surface area contributed by atoms with Crippen LogP contribution in [0.15, 0.2) is 54.1 Å². The zero-order valence-corrected chi connectivity index (χ0v) is 13.2. The Bertz CT molecular complexity index is 790. The SMILES string of the molecule is CCOC(=O)c1ccc(OC(=O)C2=Cc3ccccc3OC2)cc1. The maximum absolute atomic E-state index is 12.2. The van der Waals surface area contributed by atoms with Crippen LogP contribution in [0.1, 0.15) is 22.8 Å². The van der Waals surface area contributed by atoms with Gasteiger partial charge in [0.1, 0.15) is 18.1 Å². The highest BCUT2D eigenvalue weighted by Crippen LogP contribution is 2.26. The number of rotatable bonds is 4. The van der Waals surface area contributed by atoms with Crippen LogP contribution in [0.3, 0.4) is 0 Å². The zero-order valence-electron chi connectivity index (χ0n) is 13.2. The molecule has 24 heavy (non-hydrogen) atoms. The van der Waals surface area contributed by atoms with Crippen molar-refractivity contribution in [3.05, 3.63) is 65.2 Å². The van der Waals surface area contributed by atoms with Crippen molar-refractivity contribution in [3.8, 4) is 11.5 Å². The van der Waals surface area contributed by atoms with E-state index in [2.05, 4.69) is 0 Å². The van der Waals surface area contributed by atoms with Crippen LogP contribution in [0.2, 0.25) is 0 Å². The van der Waals surface area contributed by atoms with Gasteiger partial charge in [-0.1, -0.05) is 18.2 Å². The number of ether oxygens (including phenoxy) is 3. The van der Waals surface area contributed by atoms with Gasteiger partial charge in [-0.25, -0.2) is 9.59 Å². The number of hydrogen-bond acceptors (Lipinski definition) is 5. The number of para-hydroxylation sites is 1. The number of hydrogen-bond donors (Lipinski definition) is 0. The van der Waals surface area contributed by atoms with Crippen LogP contribution in [0, 0.1) is 0 Å². The first-order valence-corrected chi connectivity index (χ1v) is 7.59. The van der Waals surface area contributed by atoms with Gasteiger partial charge in [0.05, 0.1) is 17.7 Å². The largest absolute Gasteiger partial charge is 0.488 e. The molecule has 5 heteroatoms. The van der Waals surface area contributed by atoms with Gasteiger partial charge in [0.2, 0.25) is 0 Å². The van der Waals surface area contributed by atoms with Crippen LogP contribution in [-0.4, -0.2) is 25.2 Å². The van der Waals surface area contributed by atoms with Crippen LogP contribution in [0.25, 0.3) is 6.08 Å². The molecular weight excluding hydrogens is 308 g/mol. The molecule has 0 spiro atoms. The van der Waals surface area contributed by atoms with Crippen LogP contribution >= 0.6 is 0 Å². The maximum atomic E-state index is 12.2. The van der Waals surface area contributed by atoms with Crippen molar-refractivity contribution in [2.75, 3.05) is 13.2 Å². The van der Waals surface area contributed by atoms with Gasteiger partial charge in [-0.05, 0) is 43.3 Å². The van der Waals surface area contributed by atoms with Gasteiger partial charge in [0, 0.05) is 5.56 Å². The lowest BCUT2D eigenvalue weighted by atomic mass is 10.1. The summed E-state index contributed by atoms with van der Waals surface area (Å²) in [6.45, 7) is 2.22. The average Bonchev–Trinajstić information content (AvgIpc) is 2.62. The molecule has 1 aliphatic rings. The molecule has 0 atom stereocenters. The topological polar surface area (TPSA) is 61.8 Å². The molecule has 5 nitrogen and oxygen atoms in total. The zero-order chi connectivity index (χ0) is 16.9. The fraction of sp³-hybridized carbons (Fsp3) is 0.158. The summed E-state index contributed by atoms with van der Waals surface area (Å²) < 4.78 is 15.8. The molecule has 0 N–H and O–H groups in total. The standard InChI is InChI=1S/C19H16O5/c1-2-22-18(20)13-7-9-16(10-8-13)24-19(21)15-11-14-5-3-4-6-17(14)23-12-15/h3-11H,2,12H2,1H3. The summed E-state index contributed by atoms with van der Waals surface area (Å²) >= 11 is 0. The van der Waals surface area contributed by atoms with Gasteiger partial charge in [0.15, 0.2) is 0 Å². The van der Waals surface area contributed by atoms with Gasteiger partial charge < -0.3 is 14.2 Å². The Morgan fingerprint density at radius 1 is 1.04 bits per heavy atom. The number of benzene rings is 2. The Morgan fingerprint density at radius 2 is 1.79 bits per heavy atom. The number of fused-ring (bicyclic) bond motifs is 1. The van der Waals surface area contributed by atoms with Crippen LogP contribution in [0.4, 0.5) is 0 Å². The fourth-order valence-corrected chi connectivity index (χ4v) is 2.28. The van der Waals surface area contributed by atoms with E-state index in [4.69, 9.17) is 14.2 Å². The summed E-state index contributed by atoms with van der Waals surface area (Å²) in [6, 6.07) is 13.7. The lowest BCUT2D eigenvalue weighted by Crippen LogP contribution is -2.19. The van der Waals surface area contributed by atoms with Crippen LogP contribution in [-0.2, 0) is 9.53 Å². The fourth-order valence-electron chi connectivity index (χ4n) is 2.28. The second-order valence-corrected chi connectivity index (χ2v) is 5.13. The normalized spacial score (nSPS) is 12.5. The molecule has 0 fully saturated rings. The smallest absolute Gasteiger partial charge is 0.342 e. The van der Waals surface area contributed by atoms with Gasteiger partial charge >= 0.3 is 11.9 Å². The minimum absolute atomic E-state index is 0.163. The summed E-state index contributed by atoms with van der Waals surface area (Å²) in [5.41, 5.74) is 1.68. The molecule has 0 radical (unpaired) electrons. The average molecular weight is 324 g/mol. The predicted octanol–water partition coefficient (Wildman–Crippen LogP) is 3.24. The van der Waals surface area contributed by atoms with Crippen molar-refractivity contribution in [2.24, 2.45) is 0 Å². The Morgan fingerprint density at radius 3 is 2.54 bits per heavy atom. The molecule has 0 saturated carbocycles. The highest BCUT2D eigenvalue weighted by molar-refractivity contribution is 5.96. The molecule has 2 aromatic carbocycles. The van der Waals surface area contributed by atoms with Crippen LogP contribution < -0.4 is 9.47 Å². The molecule has 0 bridgehead atoms. The first kappa shape index (κ1) is 15.8. The summed E-state index contributed by atoms with van der Waals surface area (Å²) in [4.78, 5) is 23.8. The third-order valence-electron chi connectivity index (χ3n) is 3.47.